The van der Waals surface area contributed by atoms with E-state index in [0.717, 1.165) is 16.9 Å². The quantitative estimate of drug-likeness (QED) is 0.750. The van der Waals surface area contributed by atoms with Crippen molar-refractivity contribution >= 4 is 17.8 Å². The summed E-state index contributed by atoms with van der Waals surface area (Å²) >= 11 is 0. The summed E-state index contributed by atoms with van der Waals surface area (Å²) < 4.78 is 5.04. The molecule has 0 radical (unpaired) electrons. The molecule has 132 valence electrons. The van der Waals surface area contributed by atoms with E-state index >= 15 is 0 Å². The Labute approximate surface area is 142 Å². The number of nitrogens with zero attached hydrogens (tertiary/aromatic N) is 1. The molecule has 1 rings (SSSR count). The molecule has 0 aliphatic heterocycles. The van der Waals surface area contributed by atoms with E-state index in [-0.39, 0.29) is 18.7 Å². The standard InChI is InChI=1S/C18H25NO5/c1-13(2)9-10-15(20)12-19(3)18(23)24-16(17(21)22)11-14-7-5-4-6-8-14/h4-8,13,16H,9-12H2,1-3H3,(H,21,22)/t16-/m0/s1. The molecule has 0 unspecified atom stereocenters. The van der Waals surface area contributed by atoms with Gasteiger partial charge in [0.1, 0.15) is 0 Å². The highest BCUT2D eigenvalue weighted by Crippen LogP contribution is 2.09. The van der Waals surface area contributed by atoms with Gasteiger partial charge in [0.2, 0.25) is 6.10 Å². The van der Waals surface area contributed by atoms with Crippen molar-refractivity contribution in [1.29, 1.82) is 0 Å². The molecule has 1 N–H and O–H groups in total. The molecule has 0 aromatic heterocycles. The summed E-state index contributed by atoms with van der Waals surface area (Å²) in [5.74, 6) is -0.877. The molecule has 1 aromatic carbocycles. The van der Waals surface area contributed by atoms with Crippen LogP contribution in [-0.4, -0.2) is 47.5 Å². The number of likely N-dealkylation sites (N-methyl/N-ethyl adjacent to an activating group) is 1. The normalized spacial score (nSPS) is 11.8. The van der Waals surface area contributed by atoms with Crippen LogP contribution in [0, 0.1) is 5.92 Å². The van der Waals surface area contributed by atoms with E-state index in [1.54, 1.807) is 24.3 Å². The zero-order chi connectivity index (χ0) is 18.1. The van der Waals surface area contributed by atoms with Crippen LogP contribution in [0.25, 0.3) is 0 Å². The van der Waals surface area contributed by atoms with Gasteiger partial charge in [0.05, 0.1) is 6.54 Å². The number of aliphatic carboxylic acids is 1. The second-order valence-corrected chi connectivity index (χ2v) is 6.23. The minimum atomic E-state index is -1.28. The summed E-state index contributed by atoms with van der Waals surface area (Å²) in [5, 5.41) is 9.23. The van der Waals surface area contributed by atoms with Crippen molar-refractivity contribution in [3.05, 3.63) is 35.9 Å². The van der Waals surface area contributed by atoms with Crippen LogP contribution < -0.4 is 0 Å². The minimum Gasteiger partial charge on any atom is -0.478 e. The molecule has 1 aromatic rings. The van der Waals surface area contributed by atoms with Gasteiger partial charge in [-0.15, -0.1) is 0 Å². The molecule has 0 saturated heterocycles. The summed E-state index contributed by atoms with van der Waals surface area (Å²) in [6.07, 6.45) is -0.865. The number of hydrogen-bond acceptors (Lipinski definition) is 4. The third-order valence-corrected chi connectivity index (χ3v) is 3.51. The molecule has 0 aliphatic rings. The largest absolute Gasteiger partial charge is 0.478 e. The van der Waals surface area contributed by atoms with E-state index in [1.165, 1.54) is 7.05 Å². The van der Waals surface area contributed by atoms with Crippen molar-refractivity contribution in [1.82, 2.24) is 4.90 Å². The maximum Gasteiger partial charge on any atom is 0.410 e. The molecule has 6 heteroatoms. The predicted octanol–water partition coefficient (Wildman–Crippen LogP) is 2.76. The number of carboxylic acids is 1. The number of hydrogen-bond donors (Lipinski definition) is 1. The molecule has 24 heavy (non-hydrogen) atoms. The lowest BCUT2D eigenvalue weighted by Gasteiger charge is -2.20. The highest BCUT2D eigenvalue weighted by Gasteiger charge is 2.25. The second-order valence-electron chi connectivity index (χ2n) is 6.23. The second kappa shape index (κ2) is 9.70. The Morgan fingerprint density at radius 2 is 1.79 bits per heavy atom. The molecule has 0 fully saturated rings. The van der Waals surface area contributed by atoms with Crippen molar-refractivity contribution in [3.8, 4) is 0 Å². The van der Waals surface area contributed by atoms with Crippen molar-refractivity contribution in [3.63, 3.8) is 0 Å². The van der Waals surface area contributed by atoms with Crippen molar-refractivity contribution in [2.75, 3.05) is 13.6 Å². The molecule has 6 nitrogen and oxygen atoms in total. The SMILES string of the molecule is CC(C)CCC(=O)CN(C)C(=O)O[C@@H](Cc1ccccc1)C(=O)O. The first kappa shape index (κ1) is 19.7. The lowest BCUT2D eigenvalue weighted by molar-refractivity contribution is -0.147. The summed E-state index contributed by atoms with van der Waals surface area (Å²) in [6, 6.07) is 8.93. The fourth-order valence-corrected chi connectivity index (χ4v) is 2.08. The molecule has 0 saturated carbocycles. The molecule has 1 atom stereocenters. The molecule has 0 spiro atoms. The first-order chi connectivity index (χ1) is 11.3. The Morgan fingerprint density at radius 1 is 1.17 bits per heavy atom. The Balaban J connectivity index is 2.55. The monoisotopic (exact) mass is 335 g/mol. The number of benzene rings is 1. The zero-order valence-corrected chi connectivity index (χ0v) is 14.4. The number of carbonyl (C=O) groups is 3. The Hall–Kier alpha value is -2.37. The van der Waals surface area contributed by atoms with Gasteiger partial charge in [0.15, 0.2) is 5.78 Å². The summed E-state index contributed by atoms with van der Waals surface area (Å²) in [5.41, 5.74) is 0.758. The Bertz CT molecular complexity index is 556. The van der Waals surface area contributed by atoms with E-state index in [1.807, 2.05) is 19.9 Å². The number of amides is 1. The van der Waals surface area contributed by atoms with Crippen LogP contribution in [0.4, 0.5) is 4.79 Å². The van der Waals surface area contributed by atoms with Gasteiger partial charge >= 0.3 is 12.1 Å². The number of rotatable bonds is 9. The average Bonchev–Trinajstić information content (AvgIpc) is 2.53. The van der Waals surface area contributed by atoms with Crippen LogP contribution in [0.15, 0.2) is 30.3 Å². The van der Waals surface area contributed by atoms with Crippen molar-refractivity contribution in [2.24, 2.45) is 5.92 Å². The number of ketones is 1. The van der Waals surface area contributed by atoms with E-state index in [4.69, 9.17) is 4.74 Å². The maximum atomic E-state index is 12.0. The van der Waals surface area contributed by atoms with Gasteiger partial charge < -0.3 is 14.7 Å². The molecule has 1 amide bonds. The van der Waals surface area contributed by atoms with Gasteiger partial charge in [0, 0.05) is 19.9 Å². The molecule has 0 heterocycles. The van der Waals surface area contributed by atoms with E-state index in [2.05, 4.69) is 0 Å². The van der Waals surface area contributed by atoms with E-state index < -0.39 is 18.2 Å². The number of carboxylic acid groups (broad SMARTS) is 1. The Kier molecular flexibility index (Phi) is 7.95. The molecular formula is C18H25NO5. The van der Waals surface area contributed by atoms with Crippen LogP contribution in [-0.2, 0) is 20.7 Å². The van der Waals surface area contributed by atoms with Gasteiger partial charge in [-0.1, -0.05) is 44.2 Å². The number of carbonyl (C=O) groups excluding carboxylic acids is 2. The number of Topliss-reactive ketones (excluding diaryl/α,β-unsaturated/α-hetero) is 1. The fourth-order valence-electron chi connectivity index (χ4n) is 2.08. The van der Waals surface area contributed by atoms with Gasteiger partial charge in [-0.3, -0.25) is 4.79 Å². The molecule has 0 aliphatic carbocycles. The topological polar surface area (TPSA) is 83.9 Å². The summed E-state index contributed by atoms with van der Waals surface area (Å²) in [7, 11) is 1.43. The fraction of sp³-hybridized carbons (Fsp3) is 0.500. The smallest absolute Gasteiger partial charge is 0.410 e. The van der Waals surface area contributed by atoms with Gasteiger partial charge in [-0.25, -0.2) is 9.59 Å². The van der Waals surface area contributed by atoms with Gasteiger partial charge in [-0.2, -0.15) is 0 Å². The van der Waals surface area contributed by atoms with E-state index in [9.17, 15) is 19.5 Å². The van der Waals surface area contributed by atoms with E-state index in [0.29, 0.717) is 12.3 Å². The summed E-state index contributed by atoms with van der Waals surface area (Å²) in [4.78, 5) is 36.2. The van der Waals surface area contributed by atoms with Crippen LogP contribution >= 0.6 is 0 Å². The van der Waals surface area contributed by atoms with Crippen molar-refractivity contribution < 1.29 is 24.2 Å². The van der Waals surface area contributed by atoms with Gasteiger partial charge in [-0.05, 0) is 17.9 Å². The van der Waals surface area contributed by atoms with Crippen LogP contribution in [0.1, 0.15) is 32.3 Å². The highest BCUT2D eigenvalue weighted by atomic mass is 16.6. The lowest BCUT2D eigenvalue weighted by Crippen LogP contribution is -2.38. The number of ether oxygens (including phenoxy) is 1. The maximum absolute atomic E-state index is 12.0. The zero-order valence-electron chi connectivity index (χ0n) is 14.4. The summed E-state index contributed by atoms with van der Waals surface area (Å²) in [6.45, 7) is 3.96. The average molecular weight is 335 g/mol. The lowest BCUT2D eigenvalue weighted by atomic mass is 10.1. The first-order valence-electron chi connectivity index (χ1n) is 7.99. The molecular weight excluding hydrogens is 310 g/mol. The predicted molar refractivity (Wildman–Crippen MR) is 89.8 cm³/mol. The van der Waals surface area contributed by atoms with Crippen LogP contribution in [0.5, 0.6) is 0 Å². The third-order valence-electron chi connectivity index (χ3n) is 3.51. The molecule has 0 bridgehead atoms. The van der Waals surface area contributed by atoms with Crippen molar-refractivity contribution in [2.45, 2.75) is 39.2 Å². The minimum absolute atomic E-state index is 0.0712. The third kappa shape index (κ3) is 7.26. The first-order valence-corrected chi connectivity index (χ1v) is 7.99. The van der Waals surface area contributed by atoms with Crippen LogP contribution in [0.3, 0.4) is 0 Å². The van der Waals surface area contributed by atoms with Crippen LogP contribution in [0.2, 0.25) is 0 Å². The van der Waals surface area contributed by atoms with Gasteiger partial charge in [0.25, 0.3) is 0 Å². The Morgan fingerprint density at radius 3 is 2.33 bits per heavy atom. The highest BCUT2D eigenvalue weighted by molar-refractivity contribution is 5.84.